The molecule has 0 aliphatic carbocycles. The van der Waals surface area contributed by atoms with Gasteiger partial charge < -0.3 is 9.84 Å². The Morgan fingerprint density at radius 3 is 2.20 bits per heavy atom. The summed E-state index contributed by atoms with van der Waals surface area (Å²) in [7, 11) is 1.33. The second kappa shape index (κ2) is 4.28. The summed E-state index contributed by atoms with van der Waals surface area (Å²) in [5, 5.41) is 8.70. The Morgan fingerprint density at radius 1 is 1.60 bits per heavy atom. The molecule has 0 saturated heterocycles. The fourth-order valence-corrected chi connectivity index (χ4v) is 0.709. The number of hydrogen-bond acceptors (Lipinski definition) is 3. The lowest BCUT2D eigenvalue weighted by Gasteiger charge is -2.14. The van der Waals surface area contributed by atoms with Crippen molar-refractivity contribution in [2.24, 2.45) is 11.8 Å². The molecule has 1 unspecified atom stereocenters. The molecule has 60 valence electrons. The van der Waals surface area contributed by atoms with Crippen molar-refractivity contribution >= 4 is 5.97 Å². The predicted octanol–water partition coefficient (Wildman–Crippen LogP) is 0.424. The molecule has 1 atom stereocenters. The summed E-state index contributed by atoms with van der Waals surface area (Å²) < 4.78 is 4.47. The van der Waals surface area contributed by atoms with Crippen molar-refractivity contribution in [1.29, 1.82) is 0 Å². The molecule has 0 aromatic carbocycles. The molecule has 0 bridgehead atoms. The number of aliphatic hydroxyl groups is 1. The van der Waals surface area contributed by atoms with E-state index in [0.717, 1.165) is 0 Å². The lowest BCUT2D eigenvalue weighted by Crippen LogP contribution is -2.24. The molecule has 0 aliphatic heterocycles. The molecule has 0 spiro atoms. The molecular weight excluding hydrogens is 132 g/mol. The Balaban J connectivity index is 3.93. The molecule has 0 heterocycles. The van der Waals surface area contributed by atoms with Gasteiger partial charge in [-0.05, 0) is 5.92 Å². The Kier molecular flexibility index (Phi) is 4.03. The standard InChI is InChI=1S/C7H14O3/c1-5(2)6(4-8)7(9)10-3/h5-6,8H,4H2,1-3H3. The van der Waals surface area contributed by atoms with Crippen molar-refractivity contribution in [2.45, 2.75) is 13.8 Å². The zero-order valence-corrected chi connectivity index (χ0v) is 6.63. The van der Waals surface area contributed by atoms with E-state index in [1.807, 2.05) is 13.8 Å². The average molecular weight is 146 g/mol. The monoisotopic (exact) mass is 146 g/mol. The van der Waals surface area contributed by atoms with E-state index in [4.69, 9.17) is 5.11 Å². The van der Waals surface area contributed by atoms with Gasteiger partial charge in [-0.3, -0.25) is 4.79 Å². The van der Waals surface area contributed by atoms with Gasteiger partial charge in [0.15, 0.2) is 0 Å². The van der Waals surface area contributed by atoms with Gasteiger partial charge in [0, 0.05) is 0 Å². The Hall–Kier alpha value is -0.570. The van der Waals surface area contributed by atoms with Crippen molar-refractivity contribution in [3.05, 3.63) is 0 Å². The van der Waals surface area contributed by atoms with Crippen LogP contribution in [0.2, 0.25) is 0 Å². The summed E-state index contributed by atoms with van der Waals surface area (Å²) in [6.45, 7) is 3.61. The Bertz CT molecular complexity index is 109. The number of esters is 1. The third-order valence-electron chi connectivity index (χ3n) is 1.51. The van der Waals surface area contributed by atoms with Crippen molar-refractivity contribution in [3.8, 4) is 0 Å². The molecule has 1 N–H and O–H groups in total. The summed E-state index contributed by atoms with van der Waals surface area (Å²) in [5.74, 6) is -0.569. The number of hydrogen-bond donors (Lipinski definition) is 1. The first-order chi connectivity index (χ1) is 4.63. The van der Waals surface area contributed by atoms with E-state index in [9.17, 15) is 4.79 Å². The van der Waals surface area contributed by atoms with Crippen molar-refractivity contribution < 1.29 is 14.6 Å². The highest BCUT2D eigenvalue weighted by atomic mass is 16.5. The first kappa shape index (κ1) is 9.43. The number of rotatable bonds is 3. The van der Waals surface area contributed by atoms with E-state index in [0.29, 0.717) is 0 Å². The Labute approximate surface area is 61.0 Å². The lowest BCUT2D eigenvalue weighted by molar-refractivity contribution is -0.148. The van der Waals surface area contributed by atoms with Gasteiger partial charge in [0.2, 0.25) is 0 Å². The average Bonchev–Trinajstić information content (AvgIpc) is 1.88. The normalized spacial score (nSPS) is 13.3. The van der Waals surface area contributed by atoms with Crippen LogP contribution < -0.4 is 0 Å². The van der Waals surface area contributed by atoms with Gasteiger partial charge in [0.25, 0.3) is 0 Å². The minimum Gasteiger partial charge on any atom is -0.469 e. The van der Waals surface area contributed by atoms with Gasteiger partial charge in [-0.1, -0.05) is 13.8 Å². The largest absolute Gasteiger partial charge is 0.469 e. The lowest BCUT2D eigenvalue weighted by atomic mass is 9.97. The molecule has 3 nitrogen and oxygen atoms in total. The van der Waals surface area contributed by atoms with Crippen molar-refractivity contribution in [1.82, 2.24) is 0 Å². The highest BCUT2D eigenvalue weighted by molar-refractivity contribution is 5.72. The SMILES string of the molecule is COC(=O)C(CO)C(C)C. The summed E-state index contributed by atoms with van der Waals surface area (Å²) in [6, 6.07) is 0. The first-order valence-electron chi connectivity index (χ1n) is 3.32. The third-order valence-corrected chi connectivity index (χ3v) is 1.51. The van der Waals surface area contributed by atoms with E-state index in [1.165, 1.54) is 7.11 Å². The molecule has 3 heteroatoms. The summed E-state index contributed by atoms with van der Waals surface area (Å²) in [6.07, 6.45) is 0. The predicted molar refractivity (Wildman–Crippen MR) is 37.4 cm³/mol. The highest BCUT2D eigenvalue weighted by Gasteiger charge is 2.21. The van der Waals surface area contributed by atoms with Crippen LogP contribution in [0.4, 0.5) is 0 Å². The maximum Gasteiger partial charge on any atom is 0.311 e. The number of carbonyl (C=O) groups excluding carboxylic acids is 1. The van der Waals surface area contributed by atoms with Crippen LogP contribution in [0, 0.1) is 11.8 Å². The molecule has 0 aliphatic rings. The molecule has 0 fully saturated rings. The molecule has 0 amide bonds. The minimum absolute atomic E-state index is 0.135. The molecular formula is C7H14O3. The van der Waals surface area contributed by atoms with Crippen LogP contribution >= 0.6 is 0 Å². The van der Waals surface area contributed by atoms with Crippen LogP contribution in [-0.4, -0.2) is 24.8 Å². The van der Waals surface area contributed by atoms with Gasteiger partial charge in [0.1, 0.15) is 0 Å². The van der Waals surface area contributed by atoms with Crippen LogP contribution in [0.3, 0.4) is 0 Å². The van der Waals surface area contributed by atoms with Gasteiger partial charge in [-0.25, -0.2) is 0 Å². The smallest absolute Gasteiger partial charge is 0.311 e. The van der Waals surface area contributed by atoms with Gasteiger partial charge in [-0.15, -0.1) is 0 Å². The summed E-state index contributed by atoms with van der Waals surface area (Å²) >= 11 is 0. The van der Waals surface area contributed by atoms with E-state index >= 15 is 0 Å². The van der Waals surface area contributed by atoms with Crippen molar-refractivity contribution in [3.63, 3.8) is 0 Å². The fraction of sp³-hybridized carbons (Fsp3) is 0.857. The van der Waals surface area contributed by atoms with Gasteiger partial charge in [-0.2, -0.15) is 0 Å². The molecule has 0 saturated carbocycles. The number of methoxy groups -OCH3 is 1. The summed E-state index contributed by atoms with van der Waals surface area (Å²) in [4.78, 5) is 10.8. The van der Waals surface area contributed by atoms with Gasteiger partial charge in [0.05, 0.1) is 19.6 Å². The molecule has 0 aromatic heterocycles. The highest BCUT2D eigenvalue weighted by Crippen LogP contribution is 2.10. The topological polar surface area (TPSA) is 46.5 Å². The number of aliphatic hydroxyl groups excluding tert-OH is 1. The van der Waals surface area contributed by atoms with Crippen LogP contribution in [0.5, 0.6) is 0 Å². The number of ether oxygens (including phenoxy) is 1. The van der Waals surface area contributed by atoms with E-state index < -0.39 is 0 Å². The zero-order valence-electron chi connectivity index (χ0n) is 6.63. The zero-order chi connectivity index (χ0) is 8.15. The van der Waals surface area contributed by atoms with Crippen LogP contribution in [-0.2, 0) is 9.53 Å². The van der Waals surface area contributed by atoms with E-state index in [2.05, 4.69) is 4.74 Å². The third kappa shape index (κ3) is 2.35. The van der Waals surface area contributed by atoms with E-state index in [-0.39, 0.29) is 24.4 Å². The van der Waals surface area contributed by atoms with Crippen LogP contribution in [0.25, 0.3) is 0 Å². The van der Waals surface area contributed by atoms with Crippen molar-refractivity contribution in [2.75, 3.05) is 13.7 Å². The minimum atomic E-state index is -0.370. The Morgan fingerprint density at radius 2 is 2.10 bits per heavy atom. The second-order valence-corrected chi connectivity index (χ2v) is 2.56. The van der Waals surface area contributed by atoms with Crippen LogP contribution in [0.1, 0.15) is 13.8 Å². The first-order valence-corrected chi connectivity index (χ1v) is 3.32. The molecule has 0 rings (SSSR count). The number of carbonyl (C=O) groups is 1. The van der Waals surface area contributed by atoms with Crippen LogP contribution in [0.15, 0.2) is 0 Å². The van der Waals surface area contributed by atoms with E-state index in [1.54, 1.807) is 0 Å². The second-order valence-electron chi connectivity index (χ2n) is 2.56. The molecule has 10 heavy (non-hydrogen) atoms. The quantitative estimate of drug-likeness (QED) is 0.587. The molecule has 0 radical (unpaired) electrons. The maximum absolute atomic E-state index is 10.8. The van der Waals surface area contributed by atoms with Gasteiger partial charge >= 0.3 is 5.97 Å². The maximum atomic E-state index is 10.8. The fourth-order valence-electron chi connectivity index (χ4n) is 0.709. The summed E-state index contributed by atoms with van der Waals surface area (Å²) in [5.41, 5.74) is 0. The molecule has 0 aromatic rings.